The van der Waals surface area contributed by atoms with E-state index in [-0.39, 0.29) is 5.75 Å². The molecule has 0 aliphatic carbocycles. The summed E-state index contributed by atoms with van der Waals surface area (Å²) in [7, 11) is 0. The van der Waals surface area contributed by atoms with E-state index in [0.29, 0.717) is 17.7 Å². The normalized spacial score (nSPS) is 15.2. The first-order chi connectivity index (χ1) is 11.7. The lowest BCUT2D eigenvalue weighted by Gasteiger charge is -2.17. The lowest BCUT2D eigenvalue weighted by Crippen LogP contribution is -2.18. The Balaban J connectivity index is 1.92. The van der Waals surface area contributed by atoms with Gasteiger partial charge in [0.25, 0.3) is 0 Å². The van der Waals surface area contributed by atoms with E-state index in [1.165, 1.54) is 18.9 Å². The Morgan fingerprint density at radius 2 is 1.79 bits per heavy atom. The number of fused-ring (bicyclic) bond motifs is 1. The second-order valence-corrected chi connectivity index (χ2v) is 6.27. The number of rotatable bonds is 3. The van der Waals surface area contributed by atoms with Gasteiger partial charge >= 0.3 is 5.63 Å². The molecular weight excluding hydrogens is 302 g/mol. The van der Waals surface area contributed by atoms with Crippen LogP contribution in [0.1, 0.15) is 18.4 Å². The highest BCUT2D eigenvalue weighted by molar-refractivity contribution is 5.95. The molecule has 4 heteroatoms. The summed E-state index contributed by atoms with van der Waals surface area (Å²) in [5.41, 5.74) is 2.60. The van der Waals surface area contributed by atoms with Crippen molar-refractivity contribution in [1.82, 2.24) is 4.90 Å². The molecule has 0 amide bonds. The van der Waals surface area contributed by atoms with E-state index in [0.717, 1.165) is 29.6 Å². The minimum atomic E-state index is -0.394. The lowest BCUT2D eigenvalue weighted by atomic mass is 9.99. The summed E-state index contributed by atoms with van der Waals surface area (Å²) in [6, 6.07) is 14.8. The van der Waals surface area contributed by atoms with Crippen LogP contribution >= 0.6 is 0 Å². The first-order valence-electron chi connectivity index (χ1n) is 8.29. The number of hydrogen-bond acceptors (Lipinski definition) is 4. The van der Waals surface area contributed by atoms with E-state index < -0.39 is 5.63 Å². The zero-order valence-electron chi connectivity index (χ0n) is 13.4. The minimum Gasteiger partial charge on any atom is -0.507 e. The van der Waals surface area contributed by atoms with Gasteiger partial charge < -0.3 is 9.52 Å². The van der Waals surface area contributed by atoms with Crippen LogP contribution in [0.2, 0.25) is 0 Å². The van der Waals surface area contributed by atoms with E-state index in [2.05, 4.69) is 4.90 Å². The fourth-order valence-corrected chi connectivity index (χ4v) is 3.45. The Hall–Kier alpha value is -2.59. The van der Waals surface area contributed by atoms with Crippen LogP contribution in [0.15, 0.2) is 57.7 Å². The number of nitrogens with zero attached hydrogens (tertiary/aromatic N) is 1. The van der Waals surface area contributed by atoms with Crippen LogP contribution in [0.4, 0.5) is 0 Å². The van der Waals surface area contributed by atoms with E-state index >= 15 is 0 Å². The maximum absolute atomic E-state index is 12.1. The summed E-state index contributed by atoms with van der Waals surface area (Å²) in [6.45, 7) is 2.63. The van der Waals surface area contributed by atoms with Crippen molar-refractivity contribution in [1.29, 1.82) is 0 Å². The summed E-state index contributed by atoms with van der Waals surface area (Å²) in [6.07, 6.45) is 2.34. The number of benzene rings is 2. The van der Waals surface area contributed by atoms with Crippen molar-refractivity contribution >= 4 is 11.0 Å². The Morgan fingerprint density at radius 3 is 2.54 bits per heavy atom. The fourth-order valence-electron chi connectivity index (χ4n) is 3.45. The third-order valence-corrected chi connectivity index (χ3v) is 4.66. The van der Waals surface area contributed by atoms with Crippen molar-refractivity contribution < 1.29 is 9.52 Å². The van der Waals surface area contributed by atoms with Crippen LogP contribution < -0.4 is 5.63 Å². The maximum atomic E-state index is 12.1. The van der Waals surface area contributed by atoms with Gasteiger partial charge in [0, 0.05) is 18.0 Å². The maximum Gasteiger partial charge on any atom is 0.336 e. The zero-order chi connectivity index (χ0) is 16.5. The van der Waals surface area contributed by atoms with Gasteiger partial charge in [-0.1, -0.05) is 30.3 Å². The monoisotopic (exact) mass is 321 g/mol. The SMILES string of the molecule is O=c1cc(-c2ccccc2)c2ccc(O)c(CN3CCCC3)c2o1. The molecule has 0 spiro atoms. The Kier molecular flexibility index (Phi) is 3.82. The highest BCUT2D eigenvalue weighted by atomic mass is 16.4. The summed E-state index contributed by atoms with van der Waals surface area (Å²) in [5.74, 6) is 0.183. The molecule has 0 unspecified atom stereocenters. The number of hydrogen-bond donors (Lipinski definition) is 1. The smallest absolute Gasteiger partial charge is 0.336 e. The molecule has 2 aromatic carbocycles. The molecule has 2 heterocycles. The van der Waals surface area contributed by atoms with Crippen LogP contribution in [-0.4, -0.2) is 23.1 Å². The van der Waals surface area contributed by atoms with Gasteiger partial charge in [-0.05, 0) is 49.2 Å². The number of phenolic OH excluding ortho intramolecular Hbond substituents is 1. The van der Waals surface area contributed by atoms with E-state index in [4.69, 9.17) is 4.42 Å². The van der Waals surface area contributed by atoms with Gasteiger partial charge in [0.2, 0.25) is 0 Å². The van der Waals surface area contributed by atoms with E-state index in [9.17, 15) is 9.90 Å². The van der Waals surface area contributed by atoms with Crippen LogP contribution in [-0.2, 0) is 6.54 Å². The van der Waals surface area contributed by atoms with Gasteiger partial charge in [-0.3, -0.25) is 4.90 Å². The van der Waals surface area contributed by atoms with Gasteiger partial charge in [-0.2, -0.15) is 0 Å². The van der Waals surface area contributed by atoms with Gasteiger partial charge in [0.1, 0.15) is 11.3 Å². The zero-order valence-corrected chi connectivity index (χ0v) is 13.4. The van der Waals surface area contributed by atoms with Crippen LogP contribution in [0, 0.1) is 0 Å². The van der Waals surface area contributed by atoms with Crippen molar-refractivity contribution in [3.05, 3.63) is 64.5 Å². The van der Waals surface area contributed by atoms with Crippen molar-refractivity contribution in [2.75, 3.05) is 13.1 Å². The average molecular weight is 321 g/mol. The molecule has 1 aliphatic heterocycles. The molecular formula is C20H19NO3. The molecule has 1 fully saturated rings. The molecule has 0 radical (unpaired) electrons. The van der Waals surface area contributed by atoms with Crippen molar-refractivity contribution in [3.63, 3.8) is 0 Å². The standard InChI is InChI=1S/C20H19NO3/c22-18-9-8-15-16(14-6-2-1-3-7-14)12-19(23)24-20(15)17(18)13-21-10-4-5-11-21/h1-3,6-9,12,22H,4-5,10-11,13H2. The Labute approximate surface area is 140 Å². The molecule has 1 aliphatic rings. The lowest BCUT2D eigenvalue weighted by molar-refractivity contribution is 0.323. The van der Waals surface area contributed by atoms with Crippen molar-refractivity contribution in [2.24, 2.45) is 0 Å². The number of likely N-dealkylation sites (tertiary alicyclic amines) is 1. The molecule has 0 saturated carbocycles. The largest absolute Gasteiger partial charge is 0.507 e. The topological polar surface area (TPSA) is 53.7 Å². The van der Waals surface area contributed by atoms with Crippen LogP contribution in [0.5, 0.6) is 5.75 Å². The molecule has 4 nitrogen and oxygen atoms in total. The van der Waals surface area contributed by atoms with Gasteiger partial charge in [-0.25, -0.2) is 4.79 Å². The third kappa shape index (κ3) is 2.69. The van der Waals surface area contributed by atoms with Gasteiger partial charge in [-0.15, -0.1) is 0 Å². The molecule has 1 aromatic heterocycles. The molecule has 4 rings (SSSR count). The van der Waals surface area contributed by atoms with Crippen LogP contribution in [0.25, 0.3) is 22.1 Å². The fraction of sp³-hybridized carbons (Fsp3) is 0.250. The summed E-state index contributed by atoms with van der Waals surface area (Å²) in [5, 5.41) is 11.2. The van der Waals surface area contributed by atoms with E-state index in [1.807, 2.05) is 36.4 Å². The first kappa shape index (κ1) is 15.0. The molecule has 3 aromatic rings. The minimum absolute atomic E-state index is 0.183. The highest BCUT2D eigenvalue weighted by Gasteiger charge is 2.19. The number of phenols is 1. The molecule has 0 bridgehead atoms. The van der Waals surface area contributed by atoms with Gasteiger partial charge in [0.15, 0.2) is 0 Å². The van der Waals surface area contributed by atoms with E-state index in [1.54, 1.807) is 6.07 Å². The molecule has 24 heavy (non-hydrogen) atoms. The second kappa shape index (κ2) is 6.13. The second-order valence-electron chi connectivity index (χ2n) is 6.27. The molecule has 0 atom stereocenters. The van der Waals surface area contributed by atoms with Crippen LogP contribution in [0.3, 0.4) is 0 Å². The van der Waals surface area contributed by atoms with Gasteiger partial charge in [0.05, 0.1) is 5.56 Å². The molecule has 1 N–H and O–H groups in total. The summed E-state index contributed by atoms with van der Waals surface area (Å²) < 4.78 is 5.50. The summed E-state index contributed by atoms with van der Waals surface area (Å²) >= 11 is 0. The Morgan fingerprint density at radius 1 is 1.04 bits per heavy atom. The molecule has 122 valence electrons. The Bertz CT molecular complexity index is 925. The highest BCUT2D eigenvalue weighted by Crippen LogP contribution is 2.34. The first-order valence-corrected chi connectivity index (χ1v) is 8.29. The quantitative estimate of drug-likeness (QED) is 0.746. The van der Waals surface area contributed by atoms with Crippen molar-refractivity contribution in [3.8, 4) is 16.9 Å². The average Bonchev–Trinajstić information content (AvgIpc) is 3.11. The third-order valence-electron chi connectivity index (χ3n) is 4.66. The van der Waals surface area contributed by atoms with Crippen molar-refractivity contribution in [2.45, 2.75) is 19.4 Å². The number of aromatic hydroxyl groups is 1. The predicted octanol–water partition coefficient (Wildman–Crippen LogP) is 3.76. The summed E-state index contributed by atoms with van der Waals surface area (Å²) in [4.78, 5) is 14.4. The predicted molar refractivity (Wildman–Crippen MR) is 94.1 cm³/mol. The molecule has 1 saturated heterocycles.